The van der Waals surface area contributed by atoms with E-state index in [2.05, 4.69) is 17.1 Å². The van der Waals surface area contributed by atoms with Crippen molar-refractivity contribution in [2.75, 3.05) is 32.8 Å². The van der Waals surface area contributed by atoms with Crippen LogP contribution < -0.4 is 10.1 Å². The van der Waals surface area contributed by atoms with Crippen molar-refractivity contribution in [2.45, 2.75) is 39.2 Å². The zero-order valence-electron chi connectivity index (χ0n) is 13.8. The van der Waals surface area contributed by atoms with E-state index in [4.69, 9.17) is 4.74 Å². The van der Waals surface area contributed by atoms with E-state index in [-0.39, 0.29) is 5.78 Å². The summed E-state index contributed by atoms with van der Waals surface area (Å²) in [6.45, 7) is 8.69. The van der Waals surface area contributed by atoms with Gasteiger partial charge in [0.2, 0.25) is 0 Å². The first-order chi connectivity index (χ1) is 10.7. The van der Waals surface area contributed by atoms with Gasteiger partial charge in [-0.1, -0.05) is 19.1 Å². The van der Waals surface area contributed by atoms with E-state index >= 15 is 0 Å². The Kier molecular flexibility index (Phi) is 6.87. The average molecular weight is 304 g/mol. The third-order valence-electron chi connectivity index (χ3n) is 4.24. The summed E-state index contributed by atoms with van der Waals surface area (Å²) >= 11 is 0. The van der Waals surface area contributed by atoms with Gasteiger partial charge in [0, 0.05) is 12.6 Å². The molecule has 4 nitrogen and oxygen atoms in total. The number of ether oxygens (including phenoxy) is 1. The van der Waals surface area contributed by atoms with Gasteiger partial charge in [-0.05, 0) is 58.0 Å². The smallest absolute Gasteiger partial charge is 0.163 e. The Balaban J connectivity index is 1.88. The fourth-order valence-electron chi connectivity index (χ4n) is 3.09. The first kappa shape index (κ1) is 17.0. The molecule has 2 rings (SSSR count). The van der Waals surface area contributed by atoms with Crippen LogP contribution in [-0.2, 0) is 0 Å². The molecule has 122 valence electrons. The molecule has 1 fully saturated rings. The average Bonchev–Trinajstić information content (AvgIpc) is 2.55. The molecule has 1 aromatic rings. The molecule has 1 aromatic carbocycles. The quantitative estimate of drug-likeness (QED) is 0.750. The van der Waals surface area contributed by atoms with Crippen LogP contribution in [0.4, 0.5) is 0 Å². The highest BCUT2D eigenvalue weighted by molar-refractivity contribution is 5.96. The maximum absolute atomic E-state index is 11.6. The Morgan fingerprint density at radius 2 is 2.00 bits per heavy atom. The first-order valence-electron chi connectivity index (χ1n) is 8.40. The summed E-state index contributed by atoms with van der Waals surface area (Å²) in [4.78, 5) is 14.2. The molecule has 1 heterocycles. The number of carbonyl (C=O) groups excluding carboxylic acids is 1. The maximum atomic E-state index is 11.6. The van der Waals surface area contributed by atoms with Gasteiger partial charge in [-0.25, -0.2) is 0 Å². The lowest BCUT2D eigenvalue weighted by Crippen LogP contribution is -2.45. The summed E-state index contributed by atoms with van der Waals surface area (Å²) in [5, 5.41) is 3.42. The molecule has 0 aliphatic carbocycles. The SMILES string of the molecule is CCCN(CCOc1ccccc1C(C)=O)C1CCNCC1. The number of Topliss-reactive ketones (excluding diaryl/α,β-unsaturated/α-hetero) is 1. The lowest BCUT2D eigenvalue weighted by atomic mass is 10.0. The van der Waals surface area contributed by atoms with Crippen LogP contribution in [0, 0.1) is 0 Å². The standard InChI is InChI=1S/C18H28N2O2/c1-3-12-20(16-8-10-19-11-9-16)13-14-22-18-7-5-4-6-17(18)15(2)21/h4-7,16,19H,3,8-14H2,1-2H3. The van der Waals surface area contributed by atoms with Crippen molar-refractivity contribution in [3.63, 3.8) is 0 Å². The van der Waals surface area contributed by atoms with Crippen LogP contribution in [0.1, 0.15) is 43.5 Å². The Morgan fingerprint density at radius 1 is 1.27 bits per heavy atom. The molecule has 0 saturated carbocycles. The molecule has 0 atom stereocenters. The lowest BCUT2D eigenvalue weighted by molar-refractivity contribution is 0.101. The topological polar surface area (TPSA) is 41.6 Å². The Bertz CT molecular complexity index is 470. The number of nitrogens with zero attached hydrogens (tertiary/aromatic N) is 1. The van der Waals surface area contributed by atoms with Crippen LogP contribution in [0.5, 0.6) is 5.75 Å². The van der Waals surface area contributed by atoms with Crippen LogP contribution >= 0.6 is 0 Å². The number of para-hydroxylation sites is 1. The van der Waals surface area contributed by atoms with Gasteiger partial charge in [0.05, 0.1) is 5.56 Å². The molecule has 0 amide bonds. The molecule has 0 aromatic heterocycles. The van der Waals surface area contributed by atoms with Crippen LogP contribution in [0.15, 0.2) is 24.3 Å². The summed E-state index contributed by atoms with van der Waals surface area (Å²) < 4.78 is 5.89. The highest BCUT2D eigenvalue weighted by Crippen LogP contribution is 2.19. The summed E-state index contributed by atoms with van der Waals surface area (Å²) in [5.41, 5.74) is 0.673. The molecule has 1 aliphatic rings. The van der Waals surface area contributed by atoms with Crippen LogP contribution in [0.3, 0.4) is 0 Å². The lowest BCUT2D eigenvalue weighted by Gasteiger charge is -2.34. The summed E-state index contributed by atoms with van der Waals surface area (Å²) in [6.07, 6.45) is 3.59. The van der Waals surface area contributed by atoms with E-state index in [0.29, 0.717) is 24.0 Å². The third kappa shape index (κ3) is 4.82. The van der Waals surface area contributed by atoms with Gasteiger partial charge in [0.25, 0.3) is 0 Å². The zero-order valence-corrected chi connectivity index (χ0v) is 13.8. The largest absolute Gasteiger partial charge is 0.491 e. The fourth-order valence-corrected chi connectivity index (χ4v) is 3.09. The molecule has 0 unspecified atom stereocenters. The number of rotatable bonds is 8. The number of ketones is 1. The minimum atomic E-state index is 0.0550. The second-order valence-corrected chi connectivity index (χ2v) is 5.92. The number of benzene rings is 1. The summed E-state index contributed by atoms with van der Waals surface area (Å²) in [5.74, 6) is 0.760. The number of hydrogen-bond acceptors (Lipinski definition) is 4. The number of piperidine rings is 1. The van der Waals surface area contributed by atoms with Gasteiger partial charge < -0.3 is 10.1 Å². The van der Waals surface area contributed by atoms with Gasteiger partial charge in [0.1, 0.15) is 12.4 Å². The third-order valence-corrected chi connectivity index (χ3v) is 4.24. The minimum Gasteiger partial charge on any atom is -0.491 e. The predicted octanol–water partition coefficient (Wildman–Crippen LogP) is 2.73. The van der Waals surface area contributed by atoms with Crippen molar-refractivity contribution in [3.05, 3.63) is 29.8 Å². The molecule has 0 bridgehead atoms. The molecular weight excluding hydrogens is 276 g/mol. The van der Waals surface area contributed by atoms with Crippen molar-refractivity contribution in [2.24, 2.45) is 0 Å². The molecule has 22 heavy (non-hydrogen) atoms. The Hall–Kier alpha value is -1.39. The Morgan fingerprint density at radius 3 is 2.68 bits per heavy atom. The molecule has 1 saturated heterocycles. The second-order valence-electron chi connectivity index (χ2n) is 5.92. The van der Waals surface area contributed by atoms with Gasteiger partial charge in [0.15, 0.2) is 5.78 Å². The summed E-state index contributed by atoms with van der Waals surface area (Å²) in [7, 11) is 0. The monoisotopic (exact) mass is 304 g/mol. The van der Waals surface area contributed by atoms with Crippen LogP contribution in [0.2, 0.25) is 0 Å². The van der Waals surface area contributed by atoms with Crippen molar-refractivity contribution < 1.29 is 9.53 Å². The Labute approximate surface area is 133 Å². The van der Waals surface area contributed by atoms with E-state index in [1.54, 1.807) is 6.92 Å². The predicted molar refractivity (Wildman–Crippen MR) is 89.7 cm³/mol. The first-order valence-corrected chi connectivity index (χ1v) is 8.40. The van der Waals surface area contributed by atoms with Crippen molar-refractivity contribution >= 4 is 5.78 Å². The van der Waals surface area contributed by atoms with Crippen LogP contribution in [-0.4, -0.2) is 49.5 Å². The van der Waals surface area contributed by atoms with E-state index in [1.165, 1.54) is 12.8 Å². The minimum absolute atomic E-state index is 0.0550. The van der Waals surface area contributed by atoms with E-state index in [1.807, 2.05) is 24.3 Å². The van der Waals surface area contributed by atoms with E-state index in [9.17, 15) is 4.79 Å². The van der Waals surface area contributed by atoms with Crippen molar-refractivity contribution in [3.8, 4) is 5.75 Å². The molecule has 0 spiro atoms. The highest BCUT2D eigenvalue weighted by Gasteiger charge is 2.20. The molecule has 1 N–H and O–H groups in total. The van der Waals surface area contributed by atoms with E-state index < -0.39 is 0 Å². The number of nitrogens with one attached hydrogen (secondary N) is 1. The highest BCUT2D eigenvalue weighted by atomic mass is 16.5. The molecule has 1 aliphatic heterocycles. The molecular formula is C18H28N2O2. The van der Waals surface area contributed by atoms with Gasteiger partial charge in [-0.15, -0.1) is 0 Å². The normalized spacial score (nSPS) is 16.0. The maximum Gasteiger partial charge on any atom is 0.163 e. The molecule has 4 heteroatoms. The van der Waals surface area contributed by atoms with Gasteiger partial charge in [-0.3, -0.25) is 9.69 Å². The van der Waals surface area contributed by atoms with Crippen molar-refractivity contribution in [1.29, 1.82) is 0 Å². The van der Waals surface area contributed by atoms with Crippen molar-refractivity contribution in [1.82, 2.24) is 10.2 Å². The summed E-state index contributed by atoms with van der Waals surface area (Å²) in [6, 6.07) is 8.16. The number of hydrogen-bond donors (Lipinski definition) is 1. The van der Waals surface area contributed by atoms with Gasteiger partial charge in [-0.2, -0.15) is 0 Å². The van der Waals surface area contributed by atoms with Crippen LogP contribution in [0.25, 0.3) is 0 Å². The zero-order chi connectivity index (χ0) is 15.8. The van der Waals surface area contributed by atoms with Gasteiger partial charge >= 0.3 is 0 Å². The second kappa shape index (κ2) is 8.91. The fraction of sp³-hybridized carbons (Fsp3) is 0.611. The van der Waals surface area contributed by atoms with E-state index in [0.717, 1.165) is 32.6 Å². The number of carbonyl (C=O) groups is 1. The molecule has 0 radical (unpaired) electrons.